The van der Waals surface area contributed by atoms with Crippen LogP contribution in [0.3, 0.4) is 0 Å². The molecule has 0 radical (unpaired) electrons. The molecule has 4 rings (SSSR count). The van der Waals surface area contributed by atoms with Gasteiger partial charge in [-0.25, -0.2) is 13.2 Å². The Labute approximate surface area is 175 Å². The monoisotopic (exact) mass is 436 g/mol. The molecule has 2 aliphatic rings. The van der Waals surface area contributed by atoms with E-state index in [1.807, 2.05) is 18.2 Å². The Balaban J connectivity index is 1.39. The molecule has 1 saturated heterocycles. The van der Waals surface area contributed by atoms with E-state index in [4.69, 9.17) is 18.6 Å². The van der Waals surface area contributed by atoms with Crippen LogP contribution in [-0.2, 0) is 21.3 Å². The topological polar surface area (TPSA) is 98.5 Å². The number of para-hydroxylation sites is 1. The normalized spacial score (nSPS) is 17.6. The molecule has 2 aliphatic heterocycles. The van der Waals surface area contributed by atoms with Crippen LogP contribution in [0.25, 0.3) is 0 Å². The van der Waals surface area contributed by atoms with Gasteiger partial charge in [0, 0.05) is 38.3 Å². The Bertz CT molecular complexity index is 1010. The number of sulfonamides is 1. The zero-order valence-electron chi connectivity index (χ0n) is 16.7. The number of hydrogen-bond donors (Lipinski definition) is 0. The largest absolute Gasteiger partial charge is 0.486 e. The molecule has 0 unspecified atom stereocenters. The lowest BCUT2D eigenvalue weighted by atomic mass is 10.1. The van der Waals surface area contributed by atoms with Gasteiger partial charge in [-0.05, 0) is 25.1 Å². The smallest absolute Gasteiger partial charge is 0.374 e. The highest BCUT2D eigenvalue weighted by molar-refractivity contribution is 7.89. The average molecular weight is 436 g/mol. The second-order valence-corrected chi connectivity index (χ2v) is 8.83. The third-order valence-electron chi connectivity index (χ3n) is 5.03. The van der Waals surface area contributed by atoms with Gasteiger partial charge in [0.05, 0.1) is 6.61 Å². The van der Waals surface area contributed by atoms with Gasteiger partial charge < -0.3 is 18.6 Å². The molecular formula is C20H24N2O7S. The lowest BCUT2D eigenvalue weighted by Gasteiger charge is -2.34. The minimum atomic E-state index is -3.81. The Morgan fingerprint density at radius 1 is 1.07 bits per heavy atom. The Kier molecular flexibility index (Phi) is 5.98. The molecule has 10 heteroatoms. The number of furan rings is 1. The van der Waals surface area contributed by atoms with E-state index in [1.165, 1.54) is 16.4 Å². The summed E-state index contributed by atoms with van der Waals surface area (Å²) in [6, 6.07) is 8.43. The highest BCUT2D eigenvalue weighted by Crippen LogP contribution is 2.34. The van der Waals surface area contributed by atoms with E-state index < -0.39 is 16.0 Å². The summed E-state index contributed by atoms with van der Waals surface area (Å²) in [6.07, 6.45) is 0. The molecule has 0 saturated carbocycles. The minimum absolute atomic E-state index is 0.120. The summed E-state index contributed by atoms with van der Waals surface area (Å²) in [5, 5.41) is -0.248. The van der Waals surface area contributed by atoms with Crippen LogP contribution in [-0.4, -0.2) is 69.6 Å². The summed E-state index contributed by atoms with van der Waals surface area (Å²) < 4.78 is 48.6. The maximum absolute atomic E-state index is 12.9. The molecule has 0 aliphatic carbocycles. The number of nitrogens with zero attached hydrogens (tertiary/aromatic N) is 2. The second-order valence-electron chi connectivity index (χ2n) is 6.96. The number of rotatable bonds is 6. The van der Waals surface area contributed by atoms with Gasteiger partial charge in [-0.2, -0.15) is 4.31 Å². The molecule has 162 valence electrons. The molecule has 0 atom stereocenters. The molecular weight excluding hydrogens is 412 g/mol. The fourth-order valence-corrected chi connectivity index (χ4v) is 4.86. The Morgan fingerprint density at radius 2 is 1.83 bits per heavy atom. The number of carbonyl (C=O) groups is 1. The van der Waals surface area contributed by atoms with Crippen LogP contribution in [0.4, 0.5) is 0 Å². The van der Waals surface area contributed by atoms with Gasteiger partial charge in [-0.15, -0.1) is 0 Å². The molecule has 3 heterocycles. The molecule has 9 nitrogen and oxygen atoms in total. The van der Waals surface area contributed by atoms with E-state index in [2.05, 4.69) is 4.90 Å². The molecule has 0 bridgehead atoms. The molecule has 30 heavy (non-hydrogen) atoms. The first-order valence-electron chi connectivity index (χ1n) is 9.86. The van der Waals surface area contributed by atoms with Crippen molar-refractivity contribution in [2.24, 2.45) is 0 Å². The average Bonchev–Trinajstić information content (AvgIpc) is 3.26. The third-order valence-corrected chi connectivity index (χ3v) is 6.80. The van der Waals surface area contributed by atoms with E-state index in [0.717, 1.165) is 17.1 Å². The van der Waals surface area contributed by atoms with Gasteiger partial charge in [0.25, 0.3) is 10.0 Å². The van der Waals surface area contributed by atoms with Crippen molar-refractivity contribution in [1.82, 2.24) is 9.21 Å². The number of benzene rings is 1. The van der Waals surface area contributed by atoms with Gasteiger partial charge >= 0.3 is 5.97 Å². The van der Waals surface area contributed by atoms with Gasteiger partial charge in [0.2, 0.25) is 10.9 Å². The van der Waals surface area contributed by atoms with E-state index in [1.54, 1.807) is 6.92 Å². The first-order chi connectivity index (χ1) is 14.5. The van der Waals surface area contributed by atoms with Crippen molar-refractivity contribution < 1.29 is 31.8 Å². The number of esters is 1. The summed E-state index contributed by atoms with van der Waals surface area (Å²) >= 11 is 0. The van der Waals surface area contributed by atoms with Gasteiger partial charge in [0.1, 0.15) is 13.2 Å². The van der Waals surface area contributed by atoms with Crippen molar-refractivity contribution in [1.29, 1.82) is 0 Å². The fraction of sp³-hybridized carbons (Fsp3) is 0.450. The second kappa shape index (κ2) is 8.66. The van der Waals surface area contributed by atoms with Crippen LogP contribution in [0.2, 0.25) is 0 Å². The lowest BCUT2D eigenvalue weighted by molar-refractivity contribution is 0.0483. The van der Waals surface area contributed by atoms with Crippen LogP contribution in [0.1, 0.15) is 23.0 Å². The number of fused-ring (bicyclic) bond motifs is 1. The van der Waals surface area contributed by atoms with Crippen molar-refractivity contribution in [2.75, 3.05) is 46.0 Å². The van der Waals surface area contributed by atoms with Crippen molar-refractivity contribution >= 4 is 16.0 Å². The van der Waals surface area contributed by atoms with Gasteiger partial charge in [-0.3, -0.25) is 4.90 Å². The lowest BCUT2D eigenvalue weighted by Crippen LogP contribution is -2.48. The third kappa shape index (κ3) is 4.16. The van der Waals surface area contributed by atoms with Crippen LogP contribution in [0.15, 0.2) is 39.8 Å². The molecule has 1 aromatic carbocycles. The fourth-order valence-electron chi connectivity index (χ4n) is 3.53. The van der Waals surface area contributed by atoms with Crippen LogP contribution in [0, 0.1) is 0 Å². The molecule has 0 N–H and O–H groups in total. The van der Waals surface area contributed by atoms with E-state index >= 15 is 0 Å². The van der Waals surface area contributed by atoms with Crippen LogP contribution in [0.5, 0.6) is 11.5 Å². The Hall–Kier alpha value is -2.56. The number of ether oxygens (including phenoxy) is 3. The van der Waals surface area contributed by atoms with Gasteiger partial charge in [0.15, 0.2) is 11.5 Å². The van der Waals surface area contributed by atoms with Crippen molar-refractivity contribution in [3.63, 3.8) is 0 Å². The molecule has 1 fully saturated rings. The van der Waals surface area contributed by atoms with Crippen molar-refractivity contribution in [3.05, 3.63) is 41.7 Å². The molecule has 0 amide bonds. The predicted molar refractivity (Wildman–Crippen MR) is 106 cm³/mol. The van der Waals surface area contributed by atoms with Crippen molar-refractivity contribution in [3.8, 4) is 11.5 Å². The van der Waals surface area contributed by atoms with Crippen molar-refractivity contribution in [2.45, 2.75) is 18.6 Å². The highest BCUT2D eigenvalue weighted by atomic mass is 32.2. The SMILES string of the molecule is CCOC(=O)c1ccc(S(=O)(=O)N2CCN(Cc3cccc4c3OCCO4)CC2)o1. The van der Waals surface area contributed by atoms with Crippen LogP contribution < -0.4 is 9.47 Å². The van der Waals surface area contributed by atoms with E-state index in [9.17, 15) is 13.2 Å². The predicted octanol–water partition coefficient (Wildman–Crippen LogP) is 1.73. The Morgan fingerprint density at radius 3 is 2.60 bits per heavy atom. The summed E-state index contributed by atoms with van der Waals surface area (Å²) in [6.45, 7) is 5.34. The molecule has 2 aromatic rings. The summed E-state index contributed by atoms with van der Waals surface area (Å²) in [5.41, 5.74) is 1.02. The number of piperazine rings is 1. The first-order valence-corrected chi connectivity index (χ1v) is 11.3. The minimum Gasteiger partial charge on any atom is -0.486 e. The van der Waals surface area contributed by atoms with E-state index in [0.29, 0.717) is 45.9 Å². The zero-order valence-corrected chi connectivity index (χ0v) is 17.5. The van der Waals surface area contributed by atoms with E-state index in [-0.39, 0.29) is 17.5 Å². The molecule has 0 spiro atoms. The van der Waals surface area contributed by atoms with Gasteiger partial charge in [-0.1, -0.05) is 12.1 Å². The molecule has 1 aromatic heterocycles. The first kappa shape index (κ1) is 20.7. The highest BCUT2D eigenvalue weighted by Gasteiger charge is 2.32. The zero-order chi connectivity index (χ0) is 21.1. The summed E-state index contributed by atoms with van der Waals surface area (Å²) in [7, 11) is -3.81. The van der Waals surface area contributed by atoms with Crippen LogP contribution >= 0.6 is 0 Å². The summed E-state index contributed by atoms with van der Waals surface area (Å²) in [5.74, 6) is 0.711. The maximum Gasteiger partial charge on any atom is 0.374 e. The quantitative estimate of drug-likeness (QED) is 0.632. The summed E-state index contributed by atoms with van der Waals surface area (Å²) in [4.78, 5) is 13.9. The number of carbonyl (C=O) groups excluding carboxylic acids is 1. The number of hydrogen-bond acceptors (Lipinski definition) is 8. The standard InChI is InChI=1S/C20H24N2O7S/c1-2-26-20(23)17-6-7-18(29-17)30(24,25)22-10-8-21(9-11-22)14-15-4-3-5-16-19(15)28-13-12-27-16/h3-7H,2,8-14H2,1H3. The maximum atomic E-state index is 12.9.